The maximum atomic E-state index is 12.1. The van der Waals surface area contributed by atoms with Crippen molar-refractivity contribution in [2.24, 2.45) is 0 Å². The number of benzene rings is 1. The Morgan fingerprint density at radius 2 is 1.94 bits per heavy atom. The molecule has 0 aromatic heterocycles. The van der Waals surface area contributed by atoms with E-state index < -0.39 is 0 Å². The maximum absolute atomic E-state index is 12.1. The largest absolute Gasteiger partial charge is 0.312 e. The molecule has 0 unspecified atom stereocenters. The normalized spacial score (nSPS) is 9.18. The van der Waals surface area contributed by atoms with E-state index in [-0.39, 0.29) is 19.0 Å². The molecule has 0 aliphatic rings. The Bertz CT molecular complexity index is 502. The van der Waals surface area contributed by atoms with Gasteiger partial charge in [-0.1, -0.05) is 0 Å². The summed E-state index contributed by atoms with van der Waals surface area (Å²) in [6.07, 6.45) is 0. The summed E-state index contributed by atoms with van der Waals surface area (Å²) in [5.41, 5.74) is 0.461. The average Bonchev–Trinajstić information content (AvgIpc) is 2.31. The van der Waals surface area contributed by atoms with Crippen molar-refractivity contribution in [3.8, 4) is 12.1 Å². The van der Waals surface area contributed by atoms with Gasteiger partial charge >= 0.3 is 0 Å². The monoisotopic (exact) mass is 403 g/mol. The first kappa shape index (κ1) is 13.9. The summed E-state index contributed by atoms with van der Waals surface area (Å²) < 4.78 is 1.58. The highest BCUT2D eigenvalue weighted by Gasteiger charge is 2.17. The number of hydrogen-bond donors (Lipinski definition) is 0. The molecule has 0 aliphatic carbocycles. The van der Waals surface area contributed by atoms with E-state index >= 15 is 0 Å². The molecule has 0 aliphatic heterocycles. The van der Waals surface area contributed by atoms with Crippen LogP contribution in [0.15, 0.2) is 22.7 Å². The molecular weight excluding hydrogens is 397 g/mol. The number of amides is 1. The van der Waals surface area contributed by atoms with Gasteiger partial charge in [-0.05, 0) is 56.7 Å². The Balaban J connectivity index is 3.06. The van der Waals surface area contributed by atoms with Gasteiger partial charge in [0.2, 0.25) is 0 Å². The molecule has 4 nitrogen and oxygen atoms in total. The third-order valence-corrected chi connectivity index (χ3v) is 3.33. The van der Waals surface area contributed by atoms with E-state index in [4.69, 9.17) is 10.5 Å². The van der Waals surface area contributed by atoms with Gasteiger partial charge < -0.3 is 4.90 Å². The van der Waals surface area contributed by atoms with Crippen molar-refractivity contribution in [3.63, 3.8) is 0 Å². The predicted molar refractivity (Wildman–Crippen MR) is 74.0 cm³/mol. The van der Waals surface area contributed by atoms with Gasteiger partial charge in [-0.15, -0.1) is 0 Å². The van der Waals surface area contributed by atoms with Crippen LogP contribution < -0.4 is 0 Å². The minimum atomic E-state index is -0.321. The van der Waals surface area contributed by atoms with Crippen LogP contribution >= 0.6 is 38.5 Å². The van der Waals surface area contributed by atoms with E-state index in [1.807, 2.05) is 18.2 Å². The Morgan fingerprint density at radius 1 is 1.35 bits per heavy atom. The van der Waals surface area contributed by atoms with Crippen LogP contribution in [-0.2, 0) is 0 Å². The number of carbonyl (C=O) groups excluding carboxylic acids is 1. The Kier molecular flexibility index (Phi) is 5.39. The third kappa shape index (κ3) is 3.69. The molecule has 0 atom stereocenters. The average molecular weight is 404 g/mol. The van der Waals surface area contributed by atoms with Crippen molar-refractivity contribution in [2.45, 2.75) is 0 Å². The Labute approximate surface area is 121 Å². The summed E-state index contributed by atoms with van der Waals surface area (Å²) >= 11 is 5.38. The molecule has 1 rings (SSSR count). The molecule has 17 heavy (non-hydrogen) atoms. The van der Waals surface area contributed by atoms with Crippen LogP contribution in [0.1, 0.15) is 10.4 Å². The van der Waals surface area contributed by atoms with Gasteiger partial charge in [0, 0.05) is 8.04 Å². The number of nitriles is 2. The van der Waals surface area contributed by atoms with Crippen molar-refractivity contribution in [3.05, 3.63) is 31.8 Å². The van der Waals surface area contributed by atoms with Crippen molar-refractivity contribution in [1.82, 2.24) is 4.90 Å². The summed E-state index contributed by atoms with van der Waals surface area (Å²) in [6.45, 7) is -0.186. The molecule has 0 heterocycles. The van der Waals surface area contributed by atoms with Gasteiger partial charge in [0.25, 0.3) is 5.91 Å². The quantitative estimate of drug-likeness (QED) is 0.575. The van der Waals surface area contributed by atoms with Gasteiger partial charge in [0.05, 0.1) is 17.7 Å². The molecule has 1 aromatic carbocycles. The van der Waals surface area contributed by atoms with E-state index in [9.17, 15) is 4.79 Å². The van der Waals surface area contributed by atoms with Crippen molar-refractivity contribution < 1.29 is 4.79 Å². The number of nitrogens with zero attached hydrogens (tertiary/aromatic N) is 3. The second-order valence-electron chi connectivity index (χ2n) is 3.10. The first-order valence-electron chi connectivity index (χ1n) is 4.58. The lowest BCUT2D eigenvalue weighted by Crippen LogP contribution is -2.32. The molecule has 86 valence electrons. The summed E-state index contributed by atoms with van der Waals surface area (Å²) in [6, 6.07) is 9.10. The van der Waals surface area contributed by atoms with Crippen molar-refractivity contribution in [2.75, 3.05) is 13.1 Å². The highest BCUT2D eigenvalue weighted by Crippen LogP contribution is 2.21. The molecule has 0 saturated carbocycles. The zero-order chi connectivity index (χ0) is 12.8. The van der Waals surface area contributed by atoms with Crippen LogP contribution in [0.25, 0.3) is 0 Å². The number of halogens is 2. The van der Waals surface area contributed by atoms with E-state index in [1.165, 1.54) is 4.90 Å². The van der Waals surface area contributed by atoms with Gasteiger partial charge in [0.15, 0.2) is 0 Å². The minimum absolute atomic E-state index is 0.0929. The van der Waals surface area contributed by atoms with Crippen LogP contribution in [0, 0.1) is 26.2 Å². The lowest BCUT2D eigenvalue weighted by atomic mass is 10.2. The molecule has 0 N–H and O–H groups in total. The standard InChI is InChI=1S/C11H7BrIN3O/c12-10-2-1-8(13)7-9(10)11(17)16(5-3-14)6-4-15/h1-2,7H,5-6H2. The summed E-state index contributed by atoms with van der Waals surface area (Å²) in [7, 11) is 0. The fraction of sp³-hybridized carbons (Fsp3) is 0.182. The number of rotatable bonds is 3. The van der Waals surface area contributed by atoms with E-state index in [0.29, 0.717) is 10.0 Å². The second-order valence-corrected chi connectivity index (χ2v) is 5.20. The Morgan fingerprint density at radius 3 is 2.47 bits per heavy atom. The maximum Gasteiger partial charge on any atom is 0.256 e. The molecule has 0 fully saturated rings. The van der Waals surface area contributed by atoms with E-state index in [0.717, 1.165) is 3.57 Å². The van der Waals surface area contributed by atoms with Crippen LogP contribution in [0.5, 0.6) is 0 Å². The van der Waals surface area contributed by atoms with Crippen LogP contribution in [0.3, 0.4) is 0 Å². The number of hydrogen-bond acceptors (Lipinski definition) is 3. The molecule has 0 spiro atoms. The fourth-order valence-corrected chi connectivity index (χ4v) is 2.11. The molecule has 0 bridgehead atoms. The molecule has 1 aromatic rings. The van der Waals surface area contributed by atoms with Gasteiger partial charge in [-0.2, -0.15) is 10.5 Å². The Hall–Kier alpha value is -1.12. The molecule has 0 radical (unpaired) electrons. The number of carbonyl (C=O) groups is 1. The highest BCUT2D eigenvalue weighted by molar-refractivity contribution is 14.1. The zero-order valence-corrected chi connectivity index (χ0v) is 12.4. The van der Waals surface area contributed by atoms with Crippen LogP contribution in [0.4, 0.5) is 0 Å². The summed E-state index contributed by atoms with van der Waals surface area (Å²) in [5.74, 6) is -0.321. The smallest absolute Gasteiger partial charge is 0.256 e. The highest BCUT2D eigenvalue weighted by atomic mass is 127. The van der Waals surface area contributed by atoms with E-state index in [1.54, 1.807) is 12.1 Å². The molecular formula is C11H7BrIN3O. The summed E-state index contributed by atoms with van der Waals surface area (Å²) in [4.78, 5) is 13.3. The summed E-state index contributed by atoms with van der Waals surface area (Å²) in [5, 5.41) is 17.2. The SMILES string of the molecule is N#CCN(CC#N)C(=O)c1cc(I)ccc1Br. The van der Waals surface area contributed by atoms with Crippen molar-refractivity contribution >= 4 is 44.4 Å². The van der Waals surface area contributed by atoms with Crippen LogP contribution in [-0.4, -0.2) is 23.9 Å². The van der Waals surface area contributed by atoms with Crippen molar-refractivity contribution in [1.29, 1.82) is 10.5 Å². The predicted octanol–water partition coefficient (Wildman–Crippen LogP) is 2.54. The molecule has 6 heteroatoms. The molecule has 0 saturated heterocycles. The molecule has 1 amide bonds. The fourth-order valence-electron chi connectivity index (χ4n) is 1.20. The minimum Gasteiger partial charge on any atom is -0.312 e. The third-order valence-electron chi connectivity index (χ3n) is 1.97. The van der Waals surface area contributed by atoms with Gasteiger partial charge in [-0.25, -0.2) is 0 Å². The zero-order valence-electron chi connectivity index (χ0n) is 8.65. The first-order chi connectivity index (χ1) is 8.10. The van der Waals surface area contributed by atoms with Gasteiger partial charge in [-0.3, -0.25) is 4.79 Å². The first-order valence-corrected chi connectivity index (χ1v) is 6.45. The lowest BCUT2D eigenvalue weighted by Gasteiger charge is -2.16. The topological polar surface area (TPSA) is 67.9 Å². The lowest BCUT2D eigenvalue weighted by molar-refractivity contribution is 0.0794. The van der Waals surface area contributed by atoms with Crippen LogP contribution in [0.2, 0.25) is 0 Å². The van der Waals surface area contributed by atoms with E-state index in [2.05, 4.69) is 38.5 Å². The second kappa shape index (κ2) is 6.58. The van der Waals surface area contributed by atoms with Gasteiger partial charge in [0.1, 0.15) is 13.1 Å².